The zero-order valence-electron chi connectivity index (χ0n) is 11.7. The van der Waals surface area contributed by atoms with Crippen LogP contribution in [0.3, 0.4) is 0 Å². The monoisotopic (exact) mass is 242 g/mol. The van der Waals surface area contributed by atoms with E-state index in [1.807, 2.05) is 0 Å². The number of carbonyl (C=O) groups excluding carboxylic acids is 1. The minimum Gasteiger partial charge on any atom is -0.468 e. The highest BCUT2D eigenvalue weighted by Crippen LogP contribution is 2.21. The predicted molar refractivity (Wildman–Crippen MR) is 69.0 cm³/mol. The molecule has 0 aliphatic carbocycles. The fourth-order valence-corrected chi connectivity index (χ4v) is 2.28. The minimum atomic E-state index is -0.0925. The van der Waals surface area contributed by atoms with E-state index in [0.717, 1.165) is 25.9 Å². The van der Waals surface area contributed by atoms with E-state index in [0.29, 0.717) is 6.04 Å². The van der Waals surface area contributed by atoms with E-state index in [2.05, 4.69) is 37.9 Å². The Balaban J connectivity index is 2.50. The van der Waals surface area contributed by atoms with Crippen LogP contribution in [0.4, 0.5) is 0 Å². The Hall–Kier alpha value is -0.610. The summed E-state index contributed by atoms with van der Waals surface area (Å²) in [4.78, 5) is 13.9. The third kappa shape index (κ3) is 4.28. The quantitative estimate of drug-likeness (QED) is 0.757. The van der Waals surface area contributed by atoms with Crippen LogP contribution < -0.4 is 5.32 Å². The molecular weight excluding hydrogens is 216 g/mol. The van der Waals surface area contributed by atoms with Gasteiger partial charge in [0.25, 0.3) is 0 Å². The molecule has 17 heavy (non-hydrogen) atoms. The molecule has 0 bridgehead atoms. The summed E-state index contributed by atoms with van der Waals surface area (Å²) < 4.78 is 4.86. The molecule has 0 saturated carbocycles. The van der Waals surface area contributed by atoms with Crippen LogP contribution in [0.1, 0.15) is 40.5 Å². The van der Waals surface area contributed by atoms with Gasteiger partial charge in [-0.15, -0.1) is 0 Å². The number of esters is 1. The van der Waals surface area contributed by atoms with Gasteiger partial charge >= 0.3 is 5.97 Å². The lowest BCUT2D eigenvalue weighted by atomic mass is 10.1. The Labute approximate surface area is 105 Å². The number of hydrogen-bond acceptors (Lipinski definition) is 4. The number of carbonyl (C=O) groups is 1. The average Bonchev–Trinajstić information content (AvgIpc) is 2.72. The molecule has 2 atom stereocenters. The van der Waals surface area contributed by atoms with Crippen LogP contribution in [0.15, 0.2) is 0 Å². The highest BCUT2D eigenvalue weighted by Gasteiger charge is 2.34. The van der Waals surface area contributed by atoms with E-state index in [1.54, 1.807) is 0 Å². The summed E-state index contributed by atoms with van der Waals surface area (Å²) in [5.41, 5.74) is 0.120. The standard InChI is InChI=1S/C13H26N2O2/c1-10(9-14-13(2,3)4)15-8-6-7-11(15)12(16)17-5/h10-11,14H,6-9H2,1-5H3/t10-,11+/m0/s1. The van der Waals surface area contributed by atoms with Crippen molar-refractivity contribution in [2.24, 2.45) is 0 Å². The topological polar surface area (TPSA) is 41.6 Å². The average molecular weight is 242 g/mol. The van der Waals surface area contributed by atoms with Crippen molar-refractivity contribution in [1.82, 2.24) is 10.2 Å². The van der Waals surface area contributed by atoms with Gasteiger partial charge in [0.15, 0.2) is 0 Å². The molecule has 4 heteroatoms. The van der Waals surface area contributed by atoms with E-state index < -0.39 is 0 Å². The summed E-state index contributed by atoms with van der Waals surface area (Å²) in [5, 5.41) is 3.48. The molecular formula is C13H26N2O2. The van der Waals surface area contributed by atoms with Gasteiger partial charge in [-0.2, -0.15) is 0 Å². The van der Waals surface area contributed by atoms with Crippen molar-refractivity contribution < 1.29 is 9.53 Å². The molecule has 0 spiro atoms. The van der Waals surface area contributed by atoms with Crippen molar-refractivity contribution in [3.63, 3.8) is 0 Å². The van der Waals surface area contributed by atoms with Crippen molar-refractivity contribution in [2.45, 2.75) is 58.2 Å². The molecule has 0 aromatic rings. The van der Waals surface area contributed by atoms with Gasteiger partial charge in [-0.1, -0.05) is 0 Å². The number of ether oxygens (including phenoxy) is 1. The molecule has 4 nitrogen and oxygen atoms in total. The lowest BCUT2D eigenvalue weighted by molar-refractivity contribution is -0.146. The molecule has 1 saturated heterocycles. The molecule has 0 amide bonds. The van der Waals surface area contributed by atoms with Crippen LogP contribution in [0.2, 0.25) is 0 Å². The van der Waals surface area contributed by atoms with Gasteiger partial charge in [0.1, 0.15) is 6.04 Å². The summed E-state index contributed by atoms with van der Waals surface area (Å²) in [7, 11) is 1.47. The molecule has 1 rings (SSSR count). The first-order valence-electron chi connectivity index (χ1n) is 6.44. The van der Waals surface area contributed by atoms with Crippen LogP contribution in [0, 0.1) is 0 Å². The molecule has 0 aromatic heterocycles. The second-order valence-corrected chi connectivity index (χ2v) is 5.90. The maximum atomic E-state index is 11.6. The van der Waals surface area contributed by atoms with Crippen molar-refractivity contribution in [2.75, 3.05) is 20.2 Å². The van der Waals surface area contributed by atoms with E-state index in [1.165, 1.54) is 7.11 Å². The molecule has 0 aromatic carbocycles. The Kier molecular flexibility index (Phi) is 4.95. The second kappa shape index (κ2) is 5.83. The highest BCUT2D eigenvalue weighted by molar-refractivity contribution is 5.76. The Morgan fingerprint density at radius 2 is 2.18 bits per heavy atom. The van der Waals surface area contributed by atoms with Crippen LogP contribution in [-0.2, 0) is 9.53 Å². The van der Waals surface area contributed by atoms with E-state index in [-0.39, 0.29) is 17.6 Å². The minimum absolute atomic E-state index is 0.0447. The van der Waals surface area contributed by atoms with Crippen LogP contribution in [0.25, 0.3) is 0 Å². The fraction of sp³-hybridized carbons (Fsp3) is 0.923. The zero-order valence-corrected chi connectivity index (χ0v) is 11.7. The van der Waals surface area contributed by atoms with Crippen LogP contribution >= 0.6 is 0 Å². The first-order chi connectivity index (χ1) is 7.85. The maximum absolute atomic E-state index is 11.6. The summed E-state index contributed by atoms with van der Waals surface area (Å²) >= 11 is 0. The SMILES string of the molecule is COC(=O)[C@H]1CCCN1[C@@H](C)CNC(C)(C)C. The van der Waals surface area contributed by atoms with E-state index in [9.17, 15) is 4.79 Å². The number of methoxy groups -OCH3 is 1. The van der Waals surface area contributed by atoms with Crippen molar-refractivity contribution >= 4 is 5.97 Å². The Bertz CT molecular complexity index is 261. The van der Waals surface area contributed by atoms with Gasteiger partial charge < -0.3 is 10.1 Å². The molecule has 100 valence electrons. The largest absolute Gasteiger partial charge is 0.468 e. The van der Waals surface area contributed by atoms with Crippen molar-refractivity contribution in [1.29, 1.82) is 0 Å². The normalized spacial score (nSPS) is 23.7. The number of rotatable bonds is 4. The van der Waals surface area contributed by atoms with Gasteiger partial charge in [-0.05, 0) is 47.1 Å². The number of hydrogen-bond donors (Lipinski definition) is 1. The van der Waals surface area contributed by atoms with Gasteiger partial charge in [-0.3, -0.25) is 9.69 Å². The lowest BCUT2D eigenvalue weighted by Crippen LogP contribution is -2.49. The molecule has 1 fully saturated rings. The molecule has 1 aliphatic rings. The maximum Gasteiger partial charge on any atom is 0.323 e. The molecule has 1 heterocycles. The summed E-state index contributed by atoms with van der Waals surface area (Å²) in [6.07, 6.45) is 2.01. The fourth-order valence-electron chi connectivity index (χ4n) is 2.28. The summed E-state index contributed by atoms with van der Waals surface area (Å²) in [5.74, 6) is -0.0925. The smallest absolute Gasteiger partial charge is 0.323 e. The second-order valence-electron chi connectivity index (χ2n) is 5.90. The third-order valence-corrected chi connectivity index (χ3v) is 3.26. The van der Waals surface area contributed by atoms with Crippen molar-refractivity contribution in [3.05, 3.63) is 0 Å². The zero-order chi connectivity index (χ0) is 13.1. The predicted octanol–water partition coefficient (Wildman–Crippen LogP) is 1.40. The van der Waals surface area contributed by atoms with E-state index >= 15 is 0 Å². The van der Waals surface area contributed by atoms with Crippen LogP contribution in [0.5, 0.6) is 0 Å². The third-order valence-electron chi connectivity index (χ3n) is 3.26. The number of nitrogens with zero attached hydrogens (tertiary/aromatic N) is 1. The first-order valence-corrected chi connectivity index (χ1v) is 6.44. The first kappa shape index (κ1) is 14.5. The Morgan fingerprint density at radius 3 is 2.71 bits per heavy atom. The van der Waals surface area contributed by atoms with E-state index in [4.69, 9.17) is 4.74 Å². The highest BCUT2D eigenvalue weighted by atomic mass is 16.5. The molecule has 1 N–H and O–H groups in total. The summed E-state index contributed by atoms with van der Waals surface area (Å²) in [6.45, 7) is 10.5. The summed E-state index contributed by atoms with van der Waals surface area (Å²) in [6, 6.07) is 0.317. The molecule has 1 aliphatic heterocycles. The number of nitrogens with one attached hydrogen (secondary N) is 1. The van der Waals surface area contributed by atoms with Gasteiger partial charge in [0.2, 0.25) is 0 Å². The van der Waals surface area contributed by atoms with Gasteiger partial charge in [0.05, 0.1) is 7.11 Å². The van der Waals surface area contributed by atoms with Crippen LogP contribution in [-0.4, -0.2) is 48.7 Å². The number of likely N-dealkylation sites (tertiary alicyclic amines) is 1. The lowest BCUT2D eigenvalue weighted by Gasteiger charge is -2.31. The molecule has 0 radical (unpaired) electrons. The van der Waals surface area contributed by atoms with Gasteiger partial charge in [0, 0.05) is 18.1 Å². The van der Waals surface area contributed by atoms with Gasteiger partial charge in [-0.25, -0.2) is 0 Å². The molecule has 0 unspecified atom stereocenters. The Morgan fingerprint density at radius 1 is 1.53 bits per heavy atom. The van der Waals surface area contributed by atoms with Crippen molar-refractivity contribution in [3.8, 4) is 0 Å².